The van der Waals surface area contributed by atoms with E-state index in [1.165, 1.54) is 25.3 Å². The van der Waals surface area contributed by atoms with Gasteiger partial charge in [0.25, 0.3) is 11.1 Å². The van der Waals surface area contributed by atoms with Gasteiger partial charge >= 0.3 is 0 Å². The molecule has 1 fully saturated rings. The van der Waals surface area contributed by atoms with Crippen LogP contribution in [0.2, 0.25) is 5.02 Å². The minimum Gasteiger partial charge on any atom is -0.507 e. The quantitative estimate of drug-likeness (QED) is 0.797. The van der Waals surface area contributed by atoms with Crippen molar-refractivity contribution in [3.8, 4) is 5.75 Å². The van der Waals surface area contributed by atoms with Crippen LogP contribution in [0.5, 0.6) is 5.75 Å². The third-order valence-electron chi connectivity index (χ3n) is 2.26. The minimum absolute atomic E-state index is 0.0114. The van der Waals surface area contributed by atoms with Crippen LogP contribution in [0.4, 0.5) is 4.79 Å². The van der Waals surface area contributed by atoms with Crippen molar-refractivity contribution in [2.75, 3.05) is 7.05 Å². The Morgan fingerprint density at radius 2 is 2.12 bits per heavy atom. The van der Waals surface area contributed by atoms with Crippen molar-refractivity contribution in [2.24, 2.45) is 0 Å². The summed E-state index contributed by atoms with van der Waals surface area (Å²) in [6, 6.07) is 4.50. The van der Waals surface area contributed by atoms with Gasteiger partial charge in [0.05, 0.1) is 4.91 Å². The van der Waals surface area contributed by atoms with E-state index in [4.69, 9.17) is 11.6 Å². The molecule has 1 aromatic rings. The van der Waals surface area contributed by atoms with Gasteiger partial charge in [0.15, 0.2) is 0 Å². The first kappa shape index (κ1) is 12.0. The smallest absolute Gasteiger partial charge is 0.293 e. The number of phenolic OH excluding ortho intramolecular Hbond substituents is 1. The van der Waals surface area contributed by atoms with Crippen LogP contribution < -0.4 is 0 Å². The number of halogens is 1. The van der Waals surface area contributed by atoms with Gasteiger partial charge < -0.3 is 5.11 Å². The number of benzene rings is 1. The van der Waals surface area contributed by atoms with E-state index in [1.54, 1.807) is 6.07 Å². The number of carbonyl (C=O) groups excluding carboxylic acids is 2. The second kappa shape index (κ2) is 4.43. The highest BCUT2D eigenvalue weighted by molar-refractivity contribution is 8.18. The molecule has 0 unspecified atom stereocenters. The van der Waals surface area contributed by atoms with Gasteiger partial charge in [-0.2, -0.15) is 0 Å². The van der Waals surface area contributed by atoms with Crippen LogP contribution in [0.25, 0.3) is 6.08 Å². The lowest BCUT2D eigenvalue weighted by Crippen LogP contribution is -2.22. The first-order valence-electron chi connectivity index (χ1n) is 4.69. The number of aromatic hydroxyl groups is 1. The van der Waals surface area contributed by atoms with Crippen LogP contribution in [0, 0.1) is 0 Å². The molecule has 2 rings (SSSR count). The number of amides is 2. The zero-order valence-corrected chi connectivity index (χ0v) is 10.4. The summed E-state index contributed by atoms with van der Waals surface area (Å²) in [5, 5.41) is 9.71. The number of hydrogen-bond donors (Lipinski definition) is 1. The molecule has 0 saturated carbocycles. The van der Waals surface area contributed by atoms with Crippen LogP contribution in [-0.4, -0.2) is 28.2 Å². The summed E-state index contributed by atoms with van der Waals surface area (Å²) in [6.07, 6.45) is 1.45. The van der Waals surface area contributed by atoms with Crippen LogP contribution in [-0.2, 0) is 4.79 Å². The average molecular weight is 270 g/mol. The molecule has 2 amide bonds. The van der Waals surface area contributed by atoms with Gasteiger partial charge in [-0.3, -0.25) is 14.5 Å². The third-order valence-corrected chi connectivity index (χ3v) is 3.46. The molecule has 1 aromatic carbocycles. The number of carbonyl (C=O) groups is 2. The Kier molecular flexibility index (Phi) is 3.13. The average Bonchev–Trinajstić information content (AvgIpc) is 2.52. The Hall–Kier alpha value is -1.46. The summed E-state index contributed by atoms with van der Waals surface area (Å²) in [6.45, 7) is 0. The molecule has 1 aliphatic heterocycles. The van der Waals surface area contributed by atoms with Gasteiger partial charge in [0.2, 0.25) is 0 Å². The minimum atomic E-state index is -0.376. The van der Waals surface area contributed by atoms with E-state index in [9.17, 15) is 14.7 Å². The summed E-state index contributed by atoms with van der Waals surface area (Å²) in [7, 11) is 1.41. The molecule has 1 saturated heterocycles. The highest BCUT2D eigenvalue weighted by Crippen LogP contribution is 2.33. The first-order valence-corrected chi connectivity index (χ1v) is 5.88. The Morgan fingerprint density at radius 3 is 2.71 bits per heavy atom. The Labute approximate surface area is 107 Å². The van der Waals surface area contributed by atoms with Crippen molar-refractivity contribution in [2.45, 2.75) is 0 Å². The summed E-state index contributed by atoms with van der Waals surface area (Å²) >= 11 is 6.62. The van der Waals surface area contributed by atoms with Crippen LogP contribution >= 0.6 is 23.4 Å². The lowest BCUT2D eigenvalue weighted by atomic mass is 10.2. The molecule has 17 heavy (non-hydrogen) atoms. The van der Waals surface area contributed by atoms with Gasteiger partial charge in [-0.05, 0) is 36.0 Å². The van der Waals surface area contributed by atoms with Crippen molar-refractivity contribution in [3.63, 3.8) is 0 Å². The van der Waals surface area contributed by atoms with E-state index in [0.29, 0.717) is 10.6 Å². The number of phenols is 1. The molecule has 1 aliphatic rings. The van der Waals surface area contributed by atoms with E-state index in [0.717, 1.165) is 16.7 Å². The van der Waals surface area contributed by atoms with Crippen molar-refractivity contribution in [1.82, 2.24) is 4.90 Å². The van der Waals surface area contributed by atoms with Crippen LogP contribution in [0.3, 0.4) is 0 Å². The molecule has 0 aromatic heterocycles. The molecule has 0 atom stereocenters. The predicted octanol–water partition coefficient (Wildman–Crippen LogP) is 2.71. The second-order valence-electron chi connectivity index (χ2n) is 3.44. The largest absolute Gasteiger partial charge is 0.507 e. The van der Waals surface area contributed by atoms with Gasteiger partial charge in [-0.25, -0.2) is 0 Å². The fourth-order valence-electron chi connectivity index (χ4n) is 1.33. The van der Waals surface area contributed by atoms with Gasteiger partial charge in [0, 0.05) is 17.6 Å². The summed E-state index contributed by atoms with van der Waals surface area (Å²) in [5.41, 5.74) is 0.413. The highest BCUT2D eigenvalue weighted by Gasteiger charge is 2.31. The molecule has 1 N–H and O–H groups in total. The van der Waals surface area contributed by atoms with E-state index in [1.807, 2.05) is 0 Å². The molecule has 0 radical (unpaired) electrons. The highest BCUT2D eigenvalue weighted by atomic mass is 35.5. The van der Waals surface area contributed by atoms with E-state index >= 15 is 0 Å². The maximum Gasteiger partial charge on any atom is 0.293 e. The fourth-order valence-corrected chi connectivity index (χ4v) is 2.33. The van der Waals surface area contributed by atoms with Crippen LogP contribution in [0.1, 0.15) is 5.56 Å². The van der Waals surface area contributed by atoms with Gasteiger partial charge in [-0.15, -0.1) is 0 Å². The van der Waals surface area contributed by atoms with Crippen molar-refractivity contribution < 1.29 is 14.7 Å². The first-order chi connectivity index (χ1) is 7.99. The van der Waals surface area contributed by atoms with Crippen LogP contribution in [0.15, 0.2) is 23.1 Å². The number of imide groups is 1. The molecule has 88 valence electrons. The summed E-state index contributed by atoms with van der Waals surface area (Å²) < 4.78 is 0. The summed E-state index contributed by atoms with van der Waals surface area (Å²) in [4.78, 5) is 24.2. The molecular formula is C11H8ClNO3S. The molecule has 0 bridgehead atoms. The van der Waals surface area contributed by atoms with Crippen molar-refractivity contribution >= 4 is 40.6 Å². The monoisotopic (exact) mass is 269 g/mol. The van der Waals surface area contributed by atoms with E-state index in [2.05, 4.69) is 0 Å². The second-order valence-corrected chi connectivity index (χ2v) is 4.87. The van der Waals surface area contributed by atoms with Gasteiger partial charge in [0.1, 0.15) is 5.75 Å². The molecule has 1 heterocycles. The Balaban J connectivity index is 2.40. The standard InChI is InChI=1S/C11H8ClNO3S/c1-13-10(15)9(17-11(13)16)5-6-4-7(12)2-3-8(6)14/h2-5,14H,1H3/b9-5+. The van der Waals surface area contributed by atoms with Crippen molar-refractivity contribution in [3.05, 3.63) is 33.7 Å². The van der Waals surface area contributed by atoms with E-state index < -0.39 is 0 Å². The normalized spacial score (nSPS) is 18.2. The Bertz CT molecular complexity index is 542. The molecular weight excluding hydrogens is 262 g/mol. The lowest BCUT2D eigenvalue weighted by Gasteiger charge is -2.02. The number of thioether (sulfide) groups is 1. The third kappa shape index (κ3) is 2.30. The van der Waals surface area contributed by atoms with E-state index in [-0.39, 0.29) is 21.8 Å². The SMILES string of the molecule is CN1C(=O)S/C(=C/c2cc(Cl)ccc2O)C1=O. The molecule has 0 spiro atoms. The molecule has 6 heteroatoms. The maximum atomic E-state index is 11.6. The zero-order chi connectivity index (χ0) is 12.6. The molecule has 0 aliphatic carbocycles. The predicted molar refractivity (Wildman–Crippen MR) is 66.9 cm³/mol. The maximum absolute atomic E-state index is 11.6. The number of likely N-dealkylation sites (N-methyl/N-ethyl adjacent to an activating group) is 1. The Morgan fingerprint density at radius 1 is 1.41 bits per heavy atom. The van der Waals surface area contributed by atoms with Gasteiger partial charge in [-0.1, -0.05) is 11.6 Å². The number of nitrogens with zero attached hydrogens (tertiary/aromatic N) is 1. The molecule has 4 nitrogen and oxygen atoms in total. The number of rotatable bonds is 1. The lowest BCUT2D eigenvalue weighted by molar-refractivity contribution is -0.121. The fraction of sp³-hybridized carbons (Fsp3) is 0.0909. The summed E-state index contributed by atoms with van der Waals surface area (Å²) in [5.74, 6) is -0.364. The zero-order valence-electron chi connectivity index (χ0n) is 8.81. The number of hydrogen-bond acceptors (Lipinski definition) is 4. The topological polar surface area (TPSA) is 57.6 Å². The van der Waals surface area contributed by atoms with Crippen molar-refractivity contribution in [1.29, 1.82) is 0 Å².